The smallest absolute Gasteiger partial charge is 0.120 e. The molecule has 15 heavy (non-hydrogen) atoms. The van der Waals surface area contributed by atoms with Crippen LogP contribution in [0.1, 0.15) is 30.9 Å². The molecule has 2 rings (SSSR count). The molecule has 1 aromatic carbocycles. The predicted octanol–water partition coefficient (Wildman–Crippen LogP) is 2.93. The summed E-state index contributed by atoms with van der Waals surface area (Å²) < 4.78 is 0. The minimum Gasteiger partial charge on any atom is -0.508 e. The largest absolute Gasteiger partial charge is 0.508 e. The van der Waals surface area contributed by atoms with Gasteiger partial charge in [-0.25, -0.2) is 0 Å². The van der Waals surface area contributed by atoms with Gasteiger partial charge in [-0.3, -0.25) is 0 Å². The Bertz CT molecular complexity index is 334. The molecule has 1 heterocycles. The summed E-state index contributed by atoms with van der Waals surface area (Å²) in [5, 5.41) is 13.3. The van der Waals surface area contributed by atoms with Crippen LogP contribution in [-0.2, 0) is 0 Å². The van der Waals surface area contributed by atoms with Crippen molar-refractivity contribution in [2.24, 2.45) is 0 Å². The molecule has 0 saturated carbocycles. The molecule has 1 atom stereocenters. The Morgan fingerprint density at radius 2 is 2.27 bits per heavy atom. The Hall–Kier alpha value is -0.670. The molecule has 82 valence electrons. The summed E-state index contributed by atoms with van der Waals surface area (Å²) in [5.41, 5.74) is 1.06. The van der Waals surface area contributed by atoms with Crippen LogP contribution < -0.4 is 5.32 Å². The van der Waals surface area contributed by atoms with Crippen molar-refractivity contribution >= 4 is 11.8 Å². The van der Waals surface area contributed by atoms with Gasteiger partial charge in [-0.1, -0.05) is 6.42 Å². The zero-order valence-corrected chi connectivity index (χ0v) is 9.81. The van der Waals surface area contributed by atoms with Crippen molar-refractivity contribution in [3.05, 3.63) is 23.8 Å². The first-order valence-corrected chi connectivity index (χ1v) is 6.64. The number of benzene rings is 1. The van der Waals surface area contributed by atoms with E-state index < -0.39 is 0 Å². The van der Waals surface area contributed by atoms with Crippen LogP contribution in [0.2, 0.25) is 0 Å². The maximum Gasteiger partial charge on any atom is 0.120 e. The van der Waals surface area contributed by atoms with Gasteiger partial charge in [-0.15, -0.1) is 11.8 Å². The third kappa shape index (κ3) is 2.47. The molecular formula is C12H17NOS. The fourth-order valence-electron chi connectivity index (χ4n) is 2.06. The van der Waals surface area contributed by atoms with Crippen molar-refractivity contribution < 1.29 is 5.11 Å². The monoisotopic (exact) mass is 223 g/mol. The number of nitrogens with one attached hydrogen (secondary N) is 1. The van der Waals surface area contributed by atoms with E-state index in [0.717, 1.165) is 18.5 Å². The maximum absolute atomic E-state index is 9.83. The third-order valence-electron chi connectivity index (χ3n) is 2.92. The maximum atomic E-state index is 9.83. The average Bonchev–Trinajstić information content (AvgIpc) is 2.31. The standard InChI is InChI=1S/C12H17NOS/c1-15-9-5-6-12(14)10(8-9)11-4-2-3-7-13-11/h5-6,8,11,13-14H,2-4,7H2,1H3. The lowest BCUT2D eigenvalue weighted by Gasteiger charge is -2.24. The van der Waals surface area contributed by atoms with E-state index in [0.29, 0.717) is 11.8 Å². The Morgan fingerprint density at radius 1 is 1.40 bits per heavy atom. The molecule has 2 nitrogen and oxygen atoms in total. The first-order chi connectivity index (χ1) is 7.31. The highest BCUT2D eigenvalue weighted by Crippen LogP contribution is 2.32. The molecule has 1 saturated heterocycles. The van der Waals surface area contributed by atoms with Gasteiger partial charge in [-0.2, -0.15) is 0 Å². The van der Waals surface area contributed by atoms with Gasteiger partial charge in [-0.05, 0) is 43.8 Å². The fourth-order valence-corrected chi connectivity index (χ4v) is 2.50. The van der Waals surface area contributed by atoms with E-state index in [1.807, 2.05) is 6.07 Å². The van der Waals surface area contributed by atoms with Gasteiger partial charge in [0, 0.05) is 16.5 Å². The first kappa shape index (κ1) is 10.8. The van der Waals surface area contributed by atoms with E-state index in [1.54, 1.807) is 17.8 Å². The third-order valence-corrected chi connectivity index (χ3v) is 3.65. The van der Waals surface area contributed by atoms with Crippen LogP contribution in [0.5, 0.6) is 5.75 Å². The Kier molecular flexibility index (Phi) is 3.54. The summed E-state index contributed by atoms with van der Waals surface area (Å²) in [7, 11) is 0. The number of phenolic OH excluding ortho intramolecular Hbond substituents is 1. The van der Waals surface area contributed by atoms with Crippen molar-refractivity contribution in [1.82, 2.24) is 5.32 Å². The van der Waals surface area contributed by atoms with Crippen LogP contribution in [0, 0.1) is 0 Å². The van der Waals surface area contributed by atoms with E-state index in [2.05, 4.69) is 17.6 Å². The molecule has 0 amide bonds. The zero-order valence-electron chi connectivity index (χ0n) is 8.99. The highest BCUT2D eigenvalue weighted by Gasteiger charge is 2.17. The average molecular weight is 223 g/mol. The predicted molar refractivity (Wildman–Crippen MR) is 64.5 cm³/mol. The van der Waals surface area contributed by atoms with Crippen molar-refractivity contribution in [2.45, 2.75) is 30.2 Å². The Labute approximate surface area is 95.1 Å². The highest BCUT2D eigenvalue weighted by molar-refractivity contribution is 7.98. The molecule has 0 aromatic heterocycles. The number of hydrogen-bond donors (Lipinski definition) is 2. The van der Waals surface area contributed by atoms with Crippen LogP contribution >= 0.6 is 11.8 Å². The second-order valence-electron chi connectivity index (χ2n) is 3.93. The minimum absolute atomic E-state index is 0.339. The van der Waals surface area contributed by atoms with Gasteiger partial charge in [0.1, 0.15) is 5.75 Å². The second-order valence-corrected chi connectivity index (χ2v) is 4.81. The Balaban J connectivity index is 2.24. The highest BCUT2D eigenvalue weighted by atomic mass is 32.2. The number of hydrogen-bond acceptors (Lipinski definition) is 3. The molecule has 1 aromatic rings. The molecule has 0 spiro atoms. The zero-order chi connectivity index (χ0) is 10.7. The fraction of sp³-hybridized carbons (Fsp3) is 0.500. The number of piperidine rings is 1. The Morgan fingerprint density at radius 3 is 2.93 bits per heavy atom. The molecular weight excluding hydrogens is 206 g/mol. The molecule has 0 bridgehead atoms. The molecule has 1 fully saturated rings. The van der Waals surface area contributed by atoms with Crippen LogP contribution in [0.3, 0.4) is 0 Å². The molecule has 3 heteroatoms. The lowest BCUT2D eigenvalue weighted by Crippen LogP contribution is -2.26. The van der Waals surface area contributed by atoms with Crippen LogP contribution in [-0.4, -0.2) is 17.9 Å². The number of rotatable bonds is 2. The summed E-state index contributed by atoms with van der Waals surface area (Å²) in [6, 6.07) is 6.21. The minimum atomic E-state index is 0.339. The second kappa shape index (κ2) is 4.90. The van der Waals surface area contributed by atoms with E-state index in [9.17, 15) is 5.11 Å². The summed E-state index contributed by atoms with van der Waals surface area (Å²) in [4.78, 5) is 1.22. The summed E-state index contributed by atoms with van der Waals surface area (Å²) in [6.45, 7) is 1.06. The summed E-state index contributed by atoms with van der Waals surface area (Å²) in [6.07, 6.45) is 5.69. The van der Waals surface area contributed by atoms with Crippen LogP contribution in [0.15, 0.2) is 23.1 Å². The van der Waals surface area contributed by atoms with E-state index in [4.69, 9.17) is 0 Å². The molecule has 2 N–H and O–H groups in total. The lowest BCUT2D eigenvalue weighted by molar-refractivity contribution is 0.390. The number of aromatic hydroxyl groups is 1. The van der Waals surface area contributed by atoms with Gasteiger partial charge < -0.3 is 10.4 Å². The summed E-state index contributed by atoms with van der Waals surface area (Å²) in [5.74, 6) is 0.423. The van der Waals surface area contributed by atoms with Crippen LogP contribution in [0.25, 0.3) is 0 Å². The van der Waals surface area contributed by atoms with E-state index in [1.165, 1.54) is 17.7 Å². The van der Waals surface area contributed by atoms with Gasteiger partial charge in [0.25, 0.3) is 0 Å². The first-order valence-electron chi connectivity index (χ1n) is 5.41. The van der Waals surface area contributed by atoms with Crippen molar-refractivity contribution in [3.8, 4) is 5.75 Å². The van der Waals surface area contributed by atoms with Gasteiger partial charge in [0.15, 0.2) is 0 Å². The van der Waals surface area contributed by atoms with Crippen molar-refractivity contribution in [3.63, 3.8) is 0 Å². The molecule has 0 radical (unpaired) electrons. The molecule has 1 aliphatic rings. The van der Waals surface area contributed by atoms with Gasteiger partial charge in [0.05, 0.1) is 0 Å². The number of thioether (sulfide) groups is 1. The normalized spacial score (nSPS) is 21.5. The van der Waals surface area contributed by atoms with Crippen molar-refractivity contribution in [1.29, 1.82) is 0 Å². The van der Waals surface area contributed by atoms with Gasteiger partial charge >= 0.3 is 0 Å². The lowest BCUT2D eigenvalue weighted by atomic mass is 9.97. The van der Waals surface area contributed by atoms with E-state index >= 15 is 0 Å². The summed E-state index contributed by atoms with van der Waals surface area (Å²) >= 11 is 1.72. The van der Waals surface area contributed by atoms with Gasteiger partial charge in [0.2, 0.25) is 0 Å². The molecule has 0 aliphatic carbocycles. The number of phenols is 1. The SMILES string of the molecule is CSc1ccc(O)c(C2CCCCN2)c1. The van der Waals surface area contributed by atoms with E-state index in [-0.39, 0.29) is 0 Å². The topological polar surface area (TPSA) is 32.3 Å². The van der Waals surface area contributed by atoms with Crippen molar-refractivity contribution in [2.75, 3.05) is 12.8 Å². The van der Waals surface area contributed by atoms with Crippen LogP contribution in [0.4, 0.5) is 0 Å². The quantitative estimate of drug-likeness (QED) is 0.756. The molecule has 1 unspecified atom stereocenters. The molecule has 1 aliphatic heterocycles.